The highest BCUT2D eigenvalue weighted by molar-refractivity contribution is 7.89. The van der Waals surface area contributed by atoms with E-state index in [9.17, 15) is 31.2 Å². The summed E-state index contributed by atoms with van der Waals surface area (Å²) in [7, 11) is -5.56. The molecule has 9 nitrogen and oxygen atoms in total. The van der Waals surface area contributed by atoms with Crippen LogP contribution in [0.15, 0.2) is 77.7 Å². The number of hydroxylamine groups is 1. The summed E-state index contributed by atoms with van der Waals surface area (Å²) in [5, 5.41) is 3.34. The Labute approximate surface area is 291 Å². The van der Waals surface area contributed by atoms with E-state index in [1.165, 1.54) is 24.3 Å². The molecule has 1 amide bonds. The molecule has 1 saturated carbocycles. The van der Waals surface area contributed by atoms with Crippen molar-refractivity contribution in [3.8, 4) is 16.9 Å². The topological polar surface area (TPSA) is 105 Å². The first-order valence-electron chi connectivity index (χ1n) is 16.0. The molecule has 0 spiro atoms. The quantitative estimate of drug-likeness (QED) is 0.175. The number of nitrogens with one attached hydrogen (secondary N) is 1. The first-order chi connectivity index (χ1) is 23.7. The minimum absolute atomic E-state index is 0.136. The van der Waals surface area contributed by atoms with Crippen molar-refractivity contribution in [2.24, 2.45) is 5.92 Å². The van der Waals surface area contributed by atoms with Gasteiger partial charge in [0.15, 0.2) is 0 Å². The van der Waals surface area contributed by atoms with Gasteiger partial charge in [0.2, 0.25) is 6.04 Å². The van der Waals surface area contributed by atoms with Gasteiger partial charge in [0, 0.05) is 36.8 Å². The zero-order chi connectivity index (χ0) is 36.1. The van der Waals surface area contributed by atoms with E-state index in [1.54, 1.807) is 24.3 Å². The lowest BCUT2D eigenvalue weighted by Crippen LogP contribution is -2.61. The summed E-state index contributed by atoms with van der Waals surface area (Å²) in [6.07, 6.45) is -0.627. The van der Waals surface area contributed by atoms with Crippen LogP contribution >= 0.6 is 11.6 Å². The number of piperazine rings is 1. The van der Waals surface area contributed by atoms with Gasteiger partial charge in [0.05, 0.1) is 11.5 Å². The van der Waals surface area contributed by atoms with E-state index in [-0.39, 0.29) is 31.9 Å². The molecular weight excluding hydrogens is 709 g/mol. The van der Waals surface area contributed by atoms with E-state index in [0.29, 0.717) is 28.7 Å². The summed E-state index contributed by atoms with van der Waals surface area (Å²) in [6, 6.07) is 11.8. The second-order valence-electron chi connectivity index (χ2n) is 12.1. The summed E-state index contributed by atoms with van der Waals surface area (Å²) in [6.45, 7) is 0.282. The highest BCUT2D eigenvalue weighted by atomic mass is 35.5. The summed E-state index contributed by atoms with van der Waals surface area (Å²) in [5.74, 6) is -8.68. The monoisotopic (exact) mass is 743 g/mol. The molecule has 0 aromatic heterocycles. The Bertz CT molecular complexity index is 1730. The molecule has 50 heavy (non-hydrogen) atoms. The Morgan fingerprint density at radius 2 is 1.42 bits per heavy atom. The molecule has 1 saturated heterocycles. The van der Waals surface area contributed by atoms with Crippen LogP contribution in [0.4, 0.5) is 22.0 Å². The Balaban J connectivity index is 1.54. The maximum Gasteiger partial charge on any atom is 0.492 e. The maximum atomic E-state index is 16.7. The fourth-order valence-electron chi connectivity index (χ4n) is 5.87. The second kappa shape index (κ2) is 15.6. The smallest absolute Gasteiger partial charge is 0.492 e. The average molecular weight is 744 g/mol. The van der Waals surface area contributed by atoms with Crippen molar-refractivity contribution in [1.82, 2.24) is 14.7 Å². The van der Waals surface area contributed by atoms with Crippen molar-refractivity contribution >= 4 is 33.5 Å². The number of ether oxygens (including phenoxy) is 1. The lowest BCUT2D eigenvalue weighted by molar-refractivity contribution is -0.239. The third-order valence-corrected chi connectivity index (χ3v) is 10.5. The van der Waals surface area contributed by atoms with E-state index in [2.05, 4.69) is 10.2 Å². The molecule has 1 aliphatic carbocycles. The molecule has 5 rings (SSSR count). The normalized spacial score (nSPS) is 17.0. The van der Waals surface area contributed by atoms with Gasteiger partial charge in [-0.2, -0.15) is 22.0 Å². The second-order valence-corrected chi connectivity index (χ2v) is 14.3. The SMILES string of the molecule is O=C([C@@H](N(OC(=O)C(F)(F)F)S(=O)(=O)c1ccc(OCC2CCCCC2)cc1)C(F)(F)c1ccc(-c2ccc(Cl)cc2)cc1)N1CCNCC1. The number of alkyl halides is 5. The molecule has 3 aromatic carbocycles. The summed E-state index contributed by atoms with van der Waals surface area (Å²) in [4.78, 5) is 30.4. The number of amides is 1. The van der Waals surface area contributed by atoms with Crippen LogP contribution in [0.2, 0.25) is 5.02 Å². The predicted molar refractivity (Wildman–Crippen MR) is 174 cm³/mol. The van der Waals surface area contributed by atoms with Crippen LogP contribution in [0.25, 0.3) is 11.1 Å². The number of benzene rings is 3. The molecular formula is C34H35ClF5N3O6S. The molecule has 270 valence electrons. The molecule has 16 heteroatoms. The van der Waals surface area contributed by atoms with E-state index >= 15 is 8.78 Å². The number of halogens is 6. The molecule has 1 heterocycles. The molecule has 1 atom stereocenters. The Morgan fingerprint density at radius 1 is 0.860 bits per heavy atom. The largest absolute Gasteiger partial charge is 0.493 e. The minimum Gasteiger partial charge on any atom is -0.493 e. The number of carbonyl (C=O) groups is 2. The zero-order valence-electron chi connectivity index (χ0n) is 26.7. The molecule has 1 N–H and O–H groups in total. The summed E-state index contributed by atoms with van der Waals surface area (Å²) < 4.78 is 107. The van der Waals surface area contributed by atoms with Crippen molar-refractivity contribution in [3.05, 3.63) is 83.4 Å². The van der Waals surface area contributed by atoms with Crippen LogP contribution in [-0.2, 0) is 30.4 Å². The van der Waals surface area contributed by atoms with Gasteiger partial charge < -0.3 is 19.8 Å². The maximum absolute atomic E-state index is 16.7. The summed E-state index contributed by atoms with van der Waals surface area (Å²) >= 11 is 5.93. The average Bonchev–Trinajstić information content (AvgIpc) is 3.11. The van der Waals surface area contributed by atoms with Gasteiger partial charge >= 0.3 is 18.1 Å². The van der Waals surface area contributed by atoms with Crippen molar-refractivity contribution in [2.45, 2.75) is 55.1 Å². The molecule has 1 aliphatic heterocycles. The Kier molecular flexibility index (Phi) is 11.7. The molecule has 2 fully saturated rings. The molecule has 0 bridgehead atoms. The lowest BCUT2D eigenvalue weighted by Gasteiger charge is -2.37. The van der Waals surface area contributed by atoms with Crippen LogP contribution in [0, 0.1) is 5.92 Å². The third kappa shape index (κ3) is 8.74. The van der Waals surface area contributed by atoms with Crippen molar-refractivity contribution in [1.29, 1.82) is 0 Å². The number of nitrogens with zero attached hydrogens (tertiary/aromatic N) is 2. The van der Waals surface area contributed by atoms with Gasteiger partial charge in [-0.25, -0.2) is 13.2 Å². The number of hydrogen-bond donors (Lipinski definition) is 1. The van der Waals surface area contributed by atoms with Gasteiger partial charge in [-0.3, -0.25) is 4.79 Å². The standard InChI is InChI=1S/C34H35ClF5N3O6S/c35-27-12-8-25(9-13-27)24-6-10-26(11-7-24)33(36,37)30(31(44)42-20-18-41-19-21-42)43(49-32(45)34(38,39)40)50(46,47)29-16-14-28(15-17-29)48-22-23-4-2-1-3-5-23/h6-17,23,30,41H,1-5,18-22H2/t30-/m1/s1. The predicted octanol–water partition coefficient (Wildman–Crippen LogP) is 6.57. The van der Waals surface area contributed by atoms with Crippen molar-refractivity contribution < 1.29 is 49.5 Å². The van der Waals surface area contributed by atoms with Crippen LogP contribution < -0.4 is 10.1 Å². The highest BCUT2D eigenvalue weighted by Gasteiger charge is 2.58. The molecule has 3 aromatic rings. The van der Waals surface area contributed by atoms with Gasteiger partial charge in [-0.1, -0.05) is 67.3 Å². The van der Waals surface area contributed by atoms with Gasteiger partial charge in [0.25, 0.3) is 15.9 Å². The molecule has 0 unspecified atom stereocenters. The highest BCUT2D eigenvalue weighted by Crippen LogP contribution is 2.40. The first-order valence-corrected chi connectivity index (χ1v) is 17.8. The number of carbonyl (C=O) groups excluding carboxylic acids is 2. The van der Waals surface area contributed by atoms with Crippen molar-refractivity contribution in [2.75, 3.05) is 32.8 Å². The minimum atomic E-state index is -5.80. The van der Waals surface area contributed by atoms with Gasteiger partial charge in [-0.05, 0) is 70.8 Å². The molecule has 2 aliphatic rings. The number of hydrogen-bond acceptors (Lipinski definition) is 7. The molecule has 0 radical (unpaired) electrons. The fraction of sp³-hybridized carbons (Fsp3) is 0.412. The van der Waals surface area contributed by atoms with Gasteiger partial charge in [0.1, 0.15) is 5.75 Å². The fourth-order valence-corrected chi connectivity index (χ4v) is 7.35. The van der Waals surface area contributed by atoms with Crippen LogP contribution in [0.1, 0.15) is 37.7 Å². The van der Waals surface area contributed by atoms with Crippen LogP contribution in [0.5, 0.6) is 5.75 Å². The van der Waals surface area contributed by atoms with E-state index in [4.69, 9.17) is 16.3 Å². The Hall–Kier alpha value is -3.79. The summed E-state index contributed by atoms with van der Waals surface area (Å²) in [5.41, 5.74) is 0.121. The zero-order valence-corrected chi connectivity index (χ0v) is 28.2. The van der Waals surface area contributed by atoms with Crippen LogP contribution in [0.3, 0.4) is 0 Å². The lowest BCUT2D eigenvalue weighted by atomic mass is 9.90. The number of rotatable bonds is 11. The van der Waals surface area contributed by atoms with E-state index in [0.717, 1.165) is 61.3 Å². The number of sulfonamides is 1. The van der Waals surface area contributed by atoms with E-state index in [1.807, 2.05) is 0 Å². The van der Waals surface area contributed by atoms with E-state index < -0.39 is 55.0 Å². The first kappa shape index (κ1) is 37.5. The Morgan fingerprint density at radius 3 is 1.98 bits per heavy atom. The van der Waals surface area contributed by atoms with Gasteiger partial charge in [-0.15, -0.1) is 0 Å². The van der Waals surface area contributed by atoms with Crippen LogP contribution in [-0.4, -0.2) is 74.7 Å². The third-order valence-electron chi connectivity index (χ3n) is 8.64. The van der Waals surface area contributed by atoms with Crippen molar-refractivity contribution in [3.63, 3.8) is 0 Å².